The Bertz CT molecular complexity index is 431. The molecule has 0 spiro atoms. The van der Waals surface area contributed by atoms with Gasteiger partial charge < -0.3 is 0 Å². The van der Waals surface area contributed by atoms with Crippen molar-refractivity contribution in [2.45, 2.75) is 6.42 Å². The molecule has 0 aliphatic heterocycles. The van der Waals surface area contributed by atoms with E-state index in [1.165, 1.54) is 12.1 Å². The van der Waals surface area contributed by atoms with E-state index in [2.05, 4.69) is 0 Å². The standard InChI is InChI=1S/C8H7ClF2O2S/c9-8-6(2-1-3-7(8)10)4-5-14(11,12)13/h1-3H,4-5H2. The molecule has 1 aromatic rings. The highest BCUT2D eigenvalue weighted by Crippen LogP contribution is 2.20. The highest BCUT2D eigenvalue weighted by Gasteiger charge is 2.11. The van der Waals surface area contributed by atoms with Gasteiger partial charge in [0.2, 0.25) is 0 Å². The van der Waals surface area contributed by atoms with Gasteiger partial charge in [0.1, 0.15) is 5.82 Å². The highest BCUT2D eigenvalue weighted by atomic mass is 35.5. The summed E-state index contributed by atoms with van der Waals surface area (Å²) in [6.07, 6.45) is -0.130. The molecule has 0 heterocycles. The monoisotopic (exact) mass is 240 g/mol. The lowest BCUT2D eigenvalue weighted by Gasteiger charge is -2.02. The molecular formula is C8H7ClF2O2S. The summed E-state index contributed by atoms with van der Waals surface area (Å²) in [7, 11) is -4.53. The zero-order valence-corrected chi connectivity index (χ0v) is 8.58. The topological polar surface area (TPSA) is 34.1 Å². The third-order valence-electron chi connectivity index (χ3n) is 1.65. The molecule has 0 aliphatic carbocycles. The molecule has 2 nitrogen and oxygen atoms in total. The van der Waals surface area contributed by atoms with Crippen molar-refractivity contribution >= 4 is 21.8 Å². The predicted molar refractivity (Wildman–Crippen MR) is 50.0 cm³/mol. The number of hydrogen-bond acceptors (Lipinski definition) is 2. The maximum Gasteiger partial charge on any atom is 0.302 e. The molecule has 0 N–H and O–H groups in total. The molecule has 0 amide bonds. The second kappa shape index (κ2) is 4.23. The molecule has 0 radical (unpaired) electrons. The van der Waals surface area contributed by atoms with Crippen LogP contribution in [-0.2, 0) is 16.6 Å². The second-order valence-electron chi connectivity index (χ2n) is 2.71. The molecule has 0 saturated heterocycles. The number of benzene rings is 1. The molecular weight excluding hydrogens is 234 g/mol. The summed E-state index contributed by atoms with van der Waals surface area (Å²) in [5, 5.41) is -0.156. The van der Waals surface area contributed by atoms with E-state index in [0.29, 0.717) is 0 Å². The summed E-state index contributed by atoms with van der Waals surface area (Å²) in [5.74, 6) is -1.32. The lowest BCUT2D eigenvalue weighted by atomic mass is 10.2. The van der Waals surface area contributed by atoms with Gasteiger partial charge in [-0.25, -0.2) is 4.39 Å². The summed E-state index contributed by atoms with van der Waals surface area (Å²) in [6, 6.07) is 3.99. The predicted octanol–water partition coefficient (Wildman–Crippen LogP) is 2.32. The Morgan fingerprint density at radius 2 is 2.00 bits per heavy atom. The smallest absolute Gasteiger partial charge is 0.205 e. The molecule has 0 aliphatic rings. The molecule has 1 aromatic carbocycles. The van der Waals surface area contributed by atoms with Crippen molar-refractivity contribution in [2.24, 2.45) is 0 Å². The number of rotatable bonds is 3. The minimum absolute atomic E-state index is 0.130. The number of hydrogen-bond donors (Lipinski definition) is 0. The summed E-state index contributed by atoms with van der Waals surface area (Å²) in [4.78, 5) is 0. The normalized spacial score (nSPS) is 11.6. The Kier molecular flexibility index (Phi) is 3.44. The van der Waals surface area contributed by atoms with Crippen LogP contribution in [0.3, 0.4) is 0 Å². The molecule has 0 aromatic heterocycles. The second-order valence-corrected chi connectivity index (χ2v) is 4.57. The van der Waals surface area contributed by atoms with E-state index < -0.39 is 21.8 Å². The van der Waals surface area contributed by atoms with Crippen LogP contribution in [0.15, 0.2) is 18.2 Å². The van der Waals surface area contributed by atoms with Gasteiger partial charge in [-0.2, -0.15) is 8.42 Å². The van der Waals surface area contributed by atoms with Gasteiger partial charge in [0.15, 0.2) is 0 Å². The summed E-state index contributed by atoms with van der Waals surface area (Å²) in [5.41, 5.74) is 0.285. The van der Waals surface area contributed by atoms with Crippen LogP contribution in [0.5, 0.6) is 0 Å². The van der Waals surface area contributed by atoms with Crippen molar-refractivity contribution in [3.8, 4) is 0 Å². The van der Waals surface area contributed by atoms with Crippen molar-refractivity contribution in [3.63, 3.8) is 0 Å². The fourth-order valence-electron chi connectivity index (χ4n) is 0.973. The molecule has 0 bridgehead atoms. The number of halogens is 3. The molecule has 14 heavy (non-hydrogen) atoms. The van der Waals surface area contributed by atoms with E-state index in [0.717, 1.165) is 6.07 Å². The van der Waals surface area contributed by atoms with Crippen LogP contribution in [0, 0.1) is 5.82 Å². The lowest BCUT2D eigenvalue weighted by molar-refractivity contribution is 0.551. The van der Waals surface area contributed by atoms with Gasteiger partial charge in [-0.1, -0.05) is 23.7 Å². The van der Waals surface area contributed by atoms with E-state index in [1.807, 2.05) is 0 Å². The van der Waals surface area contributed by atoms with Crippen molar-refractivity contribution in [3.05, 3.63) is 34.6 Å². The molecule has 1 rings (SSSR count). The fourth-order valence-corrected chi connectivity index (χ4v) is 1.66. The third kappa shape index (κ3) is 3.23. The molecule has 0 saturated carbocycles. The Labute approximate surface area is 85.7 Å². The van der Waals surface area contributed by atoms with E-state index in [9.17, 15) is 16.7 Å². The molecule has 78 valence electrons. The van der Waals surface area contributed by atoms with Gasteiger partial charge in [-0.15, -0.1) is 3.89 Å². The average molecular weight is 241 g/mol. The van der Waals surface area contributed by atoms with Crippen molar-refractivity contribution in [1.82, 2.24) is 0 Å². The van der Waals surface area contributed by atoms with Crippen LogP contribution < -0.4 is 0 Å². The van der Waals surface area contributed by atoms with Crippen molar-refractivity contribution in [1.29, 1.82) is 0 Å². The van der Waals surface area contributed by atoms with Gasteiger partial charge in [-0.05, 0) is 18.1 Å². The summed E-state index contributed by atoms with van der Waals surface area (Å²) in [6.45, 7) is 0. The zero-order chi connectivity index (χ0) is 10.8. The molecule has 0 atom stereocenters. The maximum atomic E-state index is 12.8. The summed E-state index contributed by atoms with van der Waals surface area (Å²) >= 11 is 5.53. The van der Waals surface area contributed by atoms with Crippen LogP contribution in [0.2, 0.25) is 5.02 Å². The van der Waals surface area contributed by atoms with Crippen molar-refractivity contribution < 1.29 is 16.7 Å². The quantitative estimate of drug-likeness (QED) is 0.760. The lowest BCUT2D eigenvalue weighted by Crippen LogP contribution is -2.02. The first-order valence-corrected chi connectivity index (χ1v) is 5.68. The minimum atomic E-state index is -4.53. The Balaban J connectivity index is 2.83. The largest absolute Gasteiger partial charge is 0.302 e. The third-order valence-corrected chi connectivity index (χ3v) is 2.76. The molecule has 6 heteroatoms. The van der Waals surface area contributed by atoms with Gasteiger partial charge >= 0.3 is 10.2 Å². The van der Waals surface area contributed by atoms with Crippen LogP contribution in [0.25, 0.3) is 0 Å². The van der Waals surface area contributed by atoms with Gasteiger partial charge in [0, 0.05) is 0 Å². The first kappa shape index (κ1) is 11.4. The Morgan fingerprint density at radius 3 is 2.57 bits per heavy atom. The van der Waals surface area contributed by atoms with Gasteiger partial charge in [0.25, 0.3) is 0 Å². The zero-order valence-electron chi connectivity index (χ0n) is 7.00. The first-order valence-electron chi connectivity index (χ1n) is 3.75. The first-order chi connectivity index (χ1) is 6.40. The van der Waals surface area contributed by atoms with Crippen LogP contribution in [0.4, 0.5) is 8.28 Å². The van der Waals surface area contributed by atoms with Gasteiger partial charge in [0.05, 0.1) is 10.8 Å². The molecule has 0 fully saturated rings. The van der Waals surface area contributed by atoms with E-state index in [1.54, 1.807) is 0 Å². The SMILES string of the molecule is O=S(=O)(F)CCc1cccc(F)c1Cl. The minimum Gasteiger partial charge on any atom is -0.205 e. The Hall–Kier alpha value is -0.680. The van der Waals surface area contributed by atoms with Gasteiger partial charge in [-0.3, -0.25) is 0 Å². The van der Waals surface area contributed by atoms with E-state index >= 15 is 0 Å². The molecule has 0 unspecified atom stereocenters. The average Bonchev–Trinajstić information content (AvgIpc) is 2.06. The van der Waals surface area contributed by atoms with Crippen LogP contribution in [0.1, 0.15) is 5.56 Å². The Morgan fingerprint density at radius 1 is 1.36 bits per heavy atom. The highest BCUT2D eigenvalue weighted by molar-refractivity contribution is 7.86. The van der Waals surface area contributed by atoms with Crippen LogP contribution in [-0.4, -0.2) is 14.2 Å². The number of aryl methyl sites for hydroxylation is 1. The van der Waals surface area contributed by atoms with Crippen LogP contribution >= 0.6 is 11.6 Å². The van der Waals surface area contributed by atoms with Crippen molar-refractivity contribution in [2.75, 3.05) is 5.75 Å². The summed E-state index contributed by atoms with van der Waals surface area (Å²) < 4.78 is 45.4. The van der Waals surface area contributed by atoms with E-state index in [4.69, 9.17) is 11.6 Å². The van der Waals surface area contributed by atoms with E-state index in [-0.39, 0.29) is 17.0 Å². The maximum absolute atomic E-state index is 12.8. The fraction of sp³-hybridized carbons (Fsp3) is 0.250.